The highest BCUT2D eigenvalue weighted by Gasteiger charge is 2.07. The molecule has 0 bridgehead atoms. The number of sulfone groups is 1. The van der Waals surface area contributed by atoms with Crippen LogP contribution in [0.3, 0.4) is 0 Å². The predicted molar refractivity (Wildman–Crippen MR) is 97.2 cm³/mol. The lowest BCUT2D eigenvalue weighted by molar-refractivity contribution is 0.602. The van der Waals surface area contributed by atoms with Crippen LogP contribution in [-0.2, 0) is 9.84 Å². The van der Waals surface area contributed by atoms with Gasteiger partial charge in [0.25, 0.3) is 0 Å². The van der Waals surface area contributed by atoms with Crippen molar-refractivity contribution in [2.75, 3.05) is 11.6 Å². The molecule has 0 aliphatic carbocycles. The maximum Gasteiger partial charge on any atom is 0.175 e. The van der Waals surface area contributed by atoms with Gasteiger partial charge in [0.05, 0.1) is 28.4 Å². The van der Waals surface area contributed by atoms with E-state index in [2.05, 4.69) is 16.4 Å². The van der Waals surface area contributed by atoms with Crippen LogP contribution in [0.25, 0.3) is 11.1 Å². The van der Waals surface area contributed by atoms with Crippen LogP contribution in [-0.4, -0.2) is 19.7 Å². The average Bonchev–Trinajstić information content (AvgIpc) is 2.62. The van der Waals surface area contributed by atoms with E-state index in [0.29, 0.717) is 5.56 Å². The summed E-state index contributed by atoms with van der Waals surface area (Å²) in [6.45, 7) is 0. The molecule has 0 saturated carbocycles. The first-order valence-electron chi connectivity index (χ1n) is 7.48. The minimum atomic E-state index is -3.21. The molecular formula is C19H15N3O2S. The fourth-order valence-electron chi connectivity index (χ4n) is 2.36. The standard InChI is InChI=1S/C19H15N3O2S/c1-25(23,24)19-8-4-15(5-9-19)16-10-18(13-21-12-16)22-17-6-2-14(11-20)3-7-17/h2-10,12-13,22H,1H3. The van der Waals surface area contributed by atoms with Crippen molar-refractivity contribution in [1.82, 2.24) is 4.98 Å². The molecule has 0 radical (unpaired) electrons. The monoisotopic (exact) mass is 349 g/mol. The molecule has 2 aromatic carbocycles. The van der Waals surface area contributed by atoms with Crippen LogP contribution in [0.15, 0.2) is 71.9 Å². The molecule has 1 aromatic heterocycles. The molecule has 0 aliphatic rings. The van der Waals surface area contributed by atoms with Crippen molar-refractivity contribution in [3.8, 4) is 17.2 Å². The van der Waals surface area contributed by atoms with Crippen LogP contribution in [0.1, 0.15) is 5.56 Å². The second kappa shape index (κ2) is 6.75. The van der Waals surface area contributed by atoms with E-state index in [-0.39, 0.29) is 4.90 Å². The first kappa shape index (κ1) is 16.7. The number of pyridine rings is 1. The number of hydrogen-bond acceptors (Lipinski definition) is 5. The number of anilines is 2. The number of aromatic nitrogens is 1. The summed E-state index contributed by atoms with van der Waals surface area (Å²) in [5, 5.41) is 12.1. The van der Waals surface area contributed by atoms with E-state index < -0.39 is 9.84 Å². The summed E-state index contributed by atoms with van der Waals surface area (Å²) < 4.78 is 23.1. The average molecular weight is 349 g/mol. The molecule has 6 heteroatoms. The Morgan fingerprint density at radius 3 is 2.20 bits per heavy atom. The first-order chi connectivity index (χ1) is 12.0. The van der Waals surface area contributed by atoms with Gasteiger partial charge in [0.1, 0.15) is 0 Å². The highest BCUT2D eigenvalue weighted by molar-refractivity contribution is 7.90. The minimum absolute atomic E-state index is 0.288. The largest absolute Gasteiger partial charge is 0.354 e. The lowest BCUT2D eigenvalue weighted by Crippen LogP contribution is -1.96. The van der Waals surface area contributed by atoms with E-state index >= 15 is 0 Å². The highest BCUT2D eigenvalue weighted by atomic mass is 32.2. The van der Waals surface area contributed by atoms with Crippen molar-refractivity contribution in [2.24, 2.45) is 0 Å². The Morgan fingerprint density at radius 2 is 1.60 bits per heavy atom. The molecule has 1 N–H and O–H groups in total. The Kier molecular flexibility index (Phi) is 4.50. The summed E-state index contributed by atoms with van der Waals surface area (Å²) in [4.78, 5) is 4.52. The molecule has 0 saturated heterocycles. The van der Waals surface area contributed by atoms with Gasteiger partial charge in [-0.1, -0.05) is 12.1 Å². The number of hydrogen-bond donors (Lipinski definition) is 1. The van der Waals surface area contributed by atoms with Gasteiger partial charge in [-0.15, -0.1) is 0 Å². The maximum absolute atomic E-state index is 11.5. The van der Waals surface area contributed by atoms with Gasteiger partial charge in [-0.25, -0.2) is 8.42 Å². The van der Waals surface area contributed by atoms with Crippen LogP contribution in [0.2, 0.25) is 0 Å². The Labute approximate surface area is 146 Å². The van der Waals surface area contributed by atoms with Gasteiger partial charge in [-0.3, -0.25) is 4.98 Å². The van der Waals surface area contributed by atoms with Crippen LogP contribution in [0.4, 0.5) is 11.4 Å². The zero-order valence-corrected chi connectivity index (χ0v) is 14.3. The maximum atomic E-state index is 11.5. The fraction of sp³-hybridized carbons (Fsp3) is 0.0526. The topological polar surface area (TPSA) is 82.8 Å². The number of rotatable bonds is 4. The molecule has 3 aromatic rings. The van der Waals surface area contributed by atoms with Gasteiger partial charge in [-0.05, 0) is 48.0 Å². The number of nitriles is 1. The molecule has 0 aliphatic heterocycles. The van der Waals surface area contributed by atoms with Crippen molar-refractivity contribution in [3.63, 3.8) is 0 Å². The molecular weight excluding hydrogens is 334 g/mol. The van der Waals surface area contributed by atoms with E-state index in [9.17, 15) is 8.42 Å². The zero-order chi connectivity index (χ0) is 17.9. The molecule has 0 unspecified atom stereocenters. The summed E-state index contributed by atoms with van der Waals surface area (Å²) in [6.07, 6.45) is 4.61. The van der Waals surface area contributed by atoms with Crippen molar-refractivity contribution in [1.29, 1.82) is 5.26 Å². The van der Waals surface area contributed by atoms with Crippen LogP contribution >= 0.6 is 0 Å². The number of benzene rings is 2. The lowest BCUT2D eigenvalue weighted by Gasteiger charge is -2.08. The number of nitrogens with one attached hydrogen (secondary N) is 1. The van der Waals surface area contributed by atoms with E-state index in [1.807, 2.05) is 18.2 Å². The summed E-state index contributed by atoms with van der Waals surface area (Å²) in [5.74, 6) is 0. The summed E-state index contributed by atoms with van der Waals surface area (Å²) in [7, 11) is -3.21. The molecule has 0 atom stereocenters. The lowest BCUT2D eigenvalue weighted by atomic mass is 10.1. The molecule has 124 valence electrons. The first-order valence-corrected chi connectivity index (χ1v) is 9.37. The Balaban J connectivity index is 1.84. The second-order valence-corrected chi connectivity index (χ2v) is 7.59. The van der Waals surface area contributed by atoms with Crippen LogP contribution in [0, 0.1) is 11.3 Å². The summed E-state index contributed by atoms with van der Waals surface area (Å²) in [5.41, 5.74) is 4.00. The smallest absolute Gasteiger partial charge is 0.175 e. The van der Waals surface area contributed by atoms with E-state index in [4.69, 9.17) is 5.26 Å². The summed E-state index contributed by atoms with van der Waals surface area (Å²) >= 11 is 0. The zero-order valence-electron chi connectivity index (χ0n) is 13.5. The second-order valence-electron chi connectivity index (χ2n) is 5.57. The predicted octanol–water partition coefficient (Wildman–Crippen LogP) is 3.77. The normalized spacial score (nSPS) is 10.9. The molecule has 5 nitrogen and oxygen atoms in total. The minimum Gasteiger partial charge on any atom is -0.354 e. The van der Waals surface area contributed by atoms with Crippen LogP contribution in [0.5, 0.6) is 0 Å². The van der Waals surface area contributed by atoms with Crippen molar-refractivity contribution >= 4 is 21.2 Å². The van der Waals surface area contributed by atoms with E-state index in [1.165, 1.54) is 6.26 Å². The Morgan fingerprint density at radius 1 is 0.920 bits per heavy atom. The van der Waals surface area contributed by atoms with Gasteiger partial charge in [0.2, 0.25) is 0 Å². The molecule has 0 amide bonds. The van der Waals surface area contributed by atoms with Gasteiger partial charge in [-0.2, -0.15) is 5.26 Å². The van der Waals surface area contributed by atoms with Gasteiger partial charge < -0.3 is 5.32 Å². The van der Waals surface area contributed by atoms with E-state index in [0.717, 1.165) is 22.5 Å². The third-order valence-electron chi connectivity index (χ3n) is 3.66. The third-order valence-corrected chi connectivity index (χ3v) is 4.79. The van der Waals surface area contributed by atoms with Crippen molar-refractivity contribution < 1.29 is 8.42 Å². The molecule has 25 heavy (non-hydrogen) atoms. The molecule has 0 fully saturated rings. The molecule has 0 spiro atoms. The third kappa shape index (κ3) is 4.03. The Bertz CT molecular complexity index is 1040. The van der Waals surface area contributed by atoms with Gasteiger partial charge >= 0.3 is 0 Å². The molecule has 3 rings (SSSR count). The van der Waals surface area contributed by atoms with Crippen molar-refractivity contribution in [2.45, 2.75) is 4.90 Å². The summed E-state index contributed by atoms with van der Waals surface area (Å²) in [6, 6.07) is 17.8. The Hall–Kier alpha value is -3.17. The fourth-order valence-corrected chi connectivity index (χ4v) is 2.99. The van der Waals surface area contributed by atoms with Gasteiger partial charge in [0.15, 0.2) is 9.84 Å². The van der Waals surface area contributed by atoms with E-state index in [1.54, 1.807) is 48.8 Å². The highest BCUT2D eigenvalue weighted by Crippen LogP contribution is 2.25. The van der Waals surface area contributed by atoms with Gasteiger partial charge in [0, 0.05) is 23.7 Å². The SMILES string of the molecule is CS(=O)(=O)c1ccc(-c2cncc(Nc3ccc(C#N)cc3)c2)cc1. The van der Waals surface area contributed by atoms with Crippen LogP contribution < -0.4 is 5.32 Å². The quantitative estimate of drug-likeness (QED) is 0.775. The number of nitrogens with zero attached hydrogens (tertiary/aromatic N) is 2. The molecule has 1 heterocycles. The van der Waals surface area contributed by atoms with Crippen molar-refractivity contribution in [3.05, 3.63) is 72.6 Å².